The molecule has 144 valence electrons. The van der Waals surface area contributed by atoms with Crippen molar-refractivity contribution in [3.05, 3.63) is 33.3 Å². The van der Waals surface area contributed by atoms with Crippen LogP contribution in [0.1, 0.15) is 43.5 Å². The highest BCUT2D eigenvalue weighted by atomic mass is 79.9. The van der Waals surface area contributed by atoms with E-state index in [0.29, 0.717) is 6.54 Å². The van der Waals surface area contributed by atoms with E-state index in [1.165, 1.54) is 11.1 Å². The fourth-order valence-corrected chi connectivity index (χ4v) is 5.00. The summed E-state index contributed by atoms with van der Waals surface area (Å²) in [6.07, 6.45) is -0.0485. The van der Waals surface area contributed by atoms with Gasteiger partial charge in [0.1, 0.15) is 0 Å². The van der Waals surface area contributed by atoms with Crippen LogP contribution >= 0.6 is 15.9 Å². The summed E-state index contributed by atoms with van der Waals surface area (Å²) in [5.41, 5.74) is 3.60. The van der Waals surface area contributed by atoms with Gasteiger partial charge in [-0.1, -0.05) is 42.8 Å². The van der Waals surface area contributed by atoms with Crippen molar-refractivity contribution >= 4 is 22.0 Å². The van der Waals surface area contributed by atoms with Crippen LogP contribution in [0.5, 0.6) is 0 Å². The monoisotopic (exact) mass is 423 g/mol. The Labute approximate surface area is 165 Å². The maximum absolute atomic E-state index is 11.8. The van der Waals surface area contributed by atoms with Crippen molar-refractivity contribution in [1.29, 1.82) is 0 Å². The largest absolute Gasteiger partial charge is 0.465 e. The van der Waals surface area contributed by atoms with E-state index in [4.69, 9.17) is 0 Å². The lowest BCUT2D eigenvalue weighted by Crippen LogP contribution is -2.45. The third kappa shape index (κ3) is 4.07. The van der Waals surface area contributed by atoms with Gasteiger partial charge in [-0.25, -0.2) is 4.79 Å². The van der Waals surface area contributed by atoms with Crippen LogP contribution in [0.3, 0.4) is 0 Å². The van der Waals surface area contributed by atoms with Gasteiger partial charge in [0.2, 0.25) is 0 Å². The smallest absolute Gasteiger partial charge is 0.407 e. The van der Waals surface area contributed by atoms with Crippen molar-refractivity contribution in [1.82, 2.24) is 14.7 Å². The van der Waals surface area contributed by atoms with Crippen LogP contribution in [0.15, 0.2) is 16.6 Å². The molecule has 3 rings (SSSR count). The zero-order valence-electron chi connectivity index (χ0n) is 16.3. The van der Waals surface area contributed by atoms with Crippen LogP contribution in [-0.2, 0) is 13.0 Å². The molecule has 2 heterocycles. The first-order valence-electron chi connectivity index (χ1n) is 9.38. The van der Waals surface area contributed by atoms with Crippen LogP contribution in [0.4, 0.5) is 4.79 Å². The van der Waals surface area contributed by atoms with E-state index < -0.39 is 6.09 Å². The first kappa shape index (κ1) is 19.6. The van der Waals surface area contributed by atoms with E-state index >= 15 is 0 Å². The molecule has 1 aromatic rings. The molecule has 1 unspecified atom stereocenters. The van der Waals surface area contributed by atoms with Gasteiger partial charge in [0.15, 0.2) is 0 Å². The lowest BCUT2D eigenvalue weighted by Gasteiger charge is -2.43. The summed E-state index contributed by atoms with van der Waals surface area (Å²) in [6.45, 7) is 12.3. The van der Waals surface area contributed by atoms with Crippen LogP contribution < -0.4 is 0 Å². The number of hydrogen-bond acceptors (Lipinski definition) is 3. The topological polar surface area (TPSA) is 47.0 Å². The van der Waals surface area contributed by atoms with E-state index in [0.717, 1.165) is 49.2 Å². The molecule has 0 aliphatic carbocycles. The SMILES string of the molecule is CN1CCN(Cc2cc(Br)c3c(c2)CCN(C(=O)O)C3C(C)(C)C)CC1. The fraction of sp³-hybridized carbons (Fsp3) is 0.650. The first-order valence-corrected chi connectivity index (χ1v) is 10.2. The zero-order chi connectivity index (χ0) is 19.1. The Balaban J connectivity index is 1.89. The molecule has 1 N–H and O–H groups in total. The molecule has 0 radical (unpaired) electrons. The Morgan fingerprint density at radius 1 is 1.19 bits per heavy atom. The van der Waals surface area contributed by atoms with Crippen molar-refractivity contribution in [2.24, 2.45) is 5.41 Å². The van der Waals surface area contributed by atoms with Gasteiger partial charge in [-0.05, 0) is 41.6 Å². The van der Waals surface area contributed by atoms with E-state index in [1.807, 2.05) is 0 Å². The minimum Gasteiger partial charge on any atom is -0.465 e. The molecule has 0 spiro atoms. The van der Waals surface area contributed by atoms with Crippen molar-refractivity contribution in [2.45, 2.75) is 39.8 Å². The van der Waals surface area contributed by atoms with Gasteiger partial charge in [0.05, 0.1) is 6.04 Å². The molecular weight excluding hydrogens is 394 g/mol. The van der Waals surface area contributed by atoms with E-state index in [-0.39, 0.29) is 11.5 Å². The predicted octanol–water partition coefficient (Wildman–Crippen LogP) is 3.82. The van der Waals surface area contributed by atoms with Crippen molar-refractivity contribution in [3.8, 4) is 0 Å². The molecule has 2 aliphatic heterocycles. The summed E-state index contributed by atoms with van der Waals surface area (Å²) < 4.78 is 1.05. The lowest BCUT2D eigenvalue weighted by molar-refractivity contribution is 0.0754. The van der Waals surface area contributed by atoms with Crippen molar-refractivity contribution in [2.75, 3.05) is 39.8 Å². The molecule has 5 nitrogen and oxygen atoms in total. The van der Waals surface area contributed by atoms with Gasteiger partial charge >= 0.3 is 6.09 Å². The Hall–Kier alpha value is -1.11. The van der Waals surface area contributed by atoms with E-state index in [9.17, 15) is 9.90 Å². The van der Waals surface area contributed by atoms with Gasteiger partial charge in [-0.3, -0.25) is 4.90 Å². The van der Waals surface area contributed by atoms with Gasteiger partial charge in [0.25, 0.3) is 0 Å². The minimum atomic E-state index is -0.830. The van der Waals surface area contributed by atoms with Crippen LogP contribution in [0.2, 0.25) is 0 Å². The number of benzene rings is 1. The lowest BCUT2D eigenvalue weighted by atomic mass is 9.77. The molecule has 0 aromatic heterocycles. The highest BCUT2D eigenvalue weighted by Gasteiger charge is 2.40. The van der Waals surface area contributed by atoms with Crippen molar-refractivity contribution < 1.29 is 9.90 Å². The number of hydrogen-bond donors (Lipinski definition) is 1. The summed E-state index contributed by atoms with van der Waals surface area (Å²) in [6, 6.07) is 4.37. The van der Waals surface area contributed by atoms with Gasteiger partial charge in [-0.15, -0.1) is 0 Å². The molecule has 1 fully saturated rings. The maximum Gasteiger partial charge on any atom is 0.407 e. The number of rotatable bonds is 2. The number of carbonyl (C=O) groups is 1. The molecule has 0 saturated carbocycles. The van der Waals surface area contributed by atoms with Gasteiger partial charge < -0.3 is 14.9 Å². The number of likely N-dealkylation sites (N-methyl/N-ethyl adjacent to an activating group) is 1. The average Bonchev–Trinajstić information content (AvgIpc) is 2.55. The Kier molecular flexibility index (Phi) is 5.66. The second-order valence-electron chi connectivity index (χ2n) is 8.72. The number of amides is 1. The molecule has 1 atom stereocenters. The molecule has 1 aromatic carbocycles. The highest BCUT2D eigenvalue weighted by molar-refractivity contribution is 9.10. The summed E-state index contributed by atoms with van der Waals surface area (Å²) in [7, 11) is 2.17. The molecule has 2 aliphatic rings. The summed E-state index contributed by atoms with van der Waals surface area (Å²) in [5.74, 6) is 0. The Bertz CT molecular complexity index is 678. The number of nitrogens with zero attached hydrogens (tertiary/aromatic N) is 3. The summed E-state index contributed by atoms with van der Waals surface area (Å²) in [4.78, 5) is 18.3. The third-order valence-electron chi connectivity index (χ3n) is 5.55. The van der Waals surface area contributed by atoms with E-state index in [1.54, 1.807) is 4.90 Å². The second-order valence-corrected chi connectivity index (χ2v) is 9.58. The van der Waals surface area contributed by atoms with Crippen LogP contribution in [0.25, 0.3) is 0 Å². The molecule has 26 heavy (non-hydrogen) atoms. The second kappa shape index (κ2) is 7.49. The molecule has 0 bridgehead atoms. The Morgan fingerprint density at radius 2 is 1.85 bits per heavy atom. The normalized spacial score (nSPS) is 22.3. The van der Waals surface area contributed by atoms with Crippen LogP contribution in [0, 0.1) is 5.41 Å². The maximum atomic E-state index is 11.8. The number of halogens is 1. The Morgan fingerprint density at radius 3 is 2.42 bits per heavy atom. The van der Waals surface area contributed by atoms with Gasteiger partial charge in [0, 0.05) is 43.7 Å². The minimum absolute atomic E-state index is 0.129. The molecule has 1 saturated heterocycles. The van der Waals surface area contributed by atoms with Crippen LogP contribution in [-0.4, -0.2) is 65.7 Å². The highest BCUT2D eigenvalue weighted by Crippen LogP contribution is 2.45. The zero-order valence-corrected chi connectivity index (χ0v) is 17.8. The predicted molar refractivity (Wildman–Crippen MR) is 108 cm³/mol. The third-order valence-corrected chi connectivity index (χ3v) is 6.21. The van der Waals surface area contributed by atoms with Gasteiger partial charge in [-0.2, -0.15) is 0 Å². The number of piperazine rings is 1. The molecule has 1 amide bonds. The molecular formula is C20H30BrN3O2. The summed E-state index contributed by atoms with van der Waals surface area (Å²) in [5, 5.41) is 9.68. The first-order chi connectivity index (χ1) is 12.2. The molecule has 6 heteroatoms. The number of carboxylic acid groups (broad SMARTS) is 1. The number of fused-ring (bicyclic) bond motifs is 1. The van der Waals surface area contributed by atoms with Crippen molar-refractivity contribution in [3.63, 3.8) is 0 Å². The standard InChI is InChI=1S/C20H30BrN3O2/c1-20(2,3)18-17-15(5-6-24(18)19(25)26)11-14(12-16(17)21)13-23-9-7-22(4)8-10-23/h11-12,18H,5-10,13H2,1-4H3,(H,25,26). The fourth-order valence-electron chi connectivity index (χ4n) is 4.24. The van der Waals surface area contributed by atoms with E-state index in [2.05, 4.69) is 65.7 Å². The quantitative estimate of drug-likeness (QED) is 0.784. The summed E-state index contributed by atoms with van der Waals surface area (Å²) >= 11 is 3.77. The average molecular weight is 424 g/mol.